The van der Waals surface area contributed by atoms with E-state index in [9.17, 15) is 26.4 Å². The minimum Gasteiger partial charge on any atom is -0.298 e. The Balaban J connectivity index is 3.11. The van der Waals surface area contributed by atoms with Crippen molar-refractivity contribution in [3.63, 3.8) is 0 Å². The van der Waals surface area contributed by atoms with Gasteiger partial charge in [0.15, 0.2) is 21.8 Å². The molecule has 0 atom stereocenters. The summed E-state index contributed by atoms with van der Waals surface area (Å²) < 4.78 is 60.9. The predicted octanol–water partition coefficient (Wildman–Crippen LogP) is 1.80. The number of rotatable bonds is 5. The SMILES string of the molecule is CCS(=O)(=O)CCn1nc(C(F)(F)F)c(C=O)c1Cl. The first kappa shape index (κ1) is 16.0. The summed E-state index contributed by atoms with van der Waals surface area (Å²) in [5.41, 5.74) is -2.20. The van der Waals surface area contributed by atoms with Crippen molar-refractivity contribution in [3.05, 3.63) is 16.4 Å². The smallest absolute Gasteiger partial charge is 0.298 e. The van der Waals surface area contributed by atoms with E-state index in [1.54, 1.807) is 0 Å². The van der Waals surface area contributed by atoms with Crippen LogP contribution in [0.25, 0.3) is 0 Å². The number of halogens is 4. The number of sulfone groups is 1. The molecule has 0 fully saturated rings. The van der Waals surface area contributed by atoms with Crippen molar-refractivity contribution in [2.75, 3.05) is 11.5 Å². The number of carbonyl (C=O) groups is 1. The lowest BCUT2D eigenvalue weighted by atomic mass is 10.2. The maximum Gasteiger partial charge on any atom is 0.435 e. The fraction of sp³-hybridized carbons (Fsp3) is 0.556. The van der Waals surface area contributed by atoms with Gasteiger partial charge in [-0.25, -0.2) is 8.42 Å². The van der Waals surface area contributed by atoms with Gasteiger partial charge >= 0.3 is 6.18 Å². The summed E-state index contributed by atoms with van der Waals surface area (Å²) in [7, 11) is -3.37. The van der Waals surface area contributed by atoms with Crippen LogP contribution in [0.1, 0.15) is 23.0 Å². The van der Waals surface area contributed by atoms with Gasteiger partial charge in [0, 0.05) is 5.75 Å². The molecule has 10 heteroatoms. The van der Waals surface area contributed by atoms with Gasteiger partial charge in [0.25, 0.3) is 0 Å². The minimum absolute atomic E-state index is 0.0526. The molecule has 0 aliphatic heterocycles. The molecule has 0 spiro atoms. The molecule has 0 aliphatic rings. The standard InChI is InChI=1S/C9H10ClF3N2O3S/c1-2-19(17,18)4-3-15-8(10)6(5-16)7(14-15)9(11,12)13/h5H,2-4H2,1H3. The van der Waals surface area contributed by atoms with Crippen LogP contribution >= 0.6 is 11.6 Å². The van der Waals surface area contributed by atoms with Gasteiger partial charge in [-0.05, 0) is 0 Å². The van der Waals surface area contributed by atoms with Crippen LogP contribution < -0.4 is 0 Å². The molecule has 0 amide bonds. The average molecular weight is 319 g/mol. The Hall–Kier alpha value is -1.09. The van der Waals surface area contributed by atoms with Gasteiger partial charge in [0.2, 0.25) is 0 Å². The van der Waals surface area contributed by atoms with Crippen LogP contribution in [-0.2, 0) is 22.6 Å². The van der Waals surface area contributed by atoms with Crippen LogP contribution in [0.3, 0.4) is 0 Å². The van der Waals surface area contributed by atoms with Crippen molar-refractivity contribution >= 4 is 27.7 Å². The van der Waals surface area contributed by atoms with Gasteiger partial charge in [-0.1, -0.05) is 18.5 Å². The van der Waals surface area contributed by atoms with Gasteiger partial charge < -0.3 is 0 Å². The van der Waals surface area contributed by atoms with Crippen LogP contribution in [0.2, 0.25) is 5.15 Å². The fourth-order valence-electron chi connectivity index (χ4n) is 1.29. The maximum absolute atomic E-state index is 12.6. The Kier molecular flexibility index (Phi) is 4.62. The average Bonchev–Trinajstić information content (AvgIpc) is 2.63. The number of aromatic nitrogens is 2. The van der Waals surface area contributed by atoms with Crippen LogP contribution in [0.4, 0.5) is 13.2 Å². The van der Waals surface area contributed by atoms with Gasteiger partial charge in [-0.3, -0.25) is 9.48 Å². The molecular weight excluding hydrogens is 309 g/mol. The van der Waals surface area contributed by atoms with E-state index >= 15 is 0 Å². The molecule has 1 aromatic heterocycles. The molecule has 1 rings (SSSR count). The Labute approximate surface area is 112 Å². The minimum atomic E-state index is -4.82. The highest BCUT2D eigenvalue weighted by molar-refractivity contribution is 7.91. The van der Waals surface area contributed by atoms with E-state index in [4.69, 9.17) is 11.6 Å². The molecule has 5 nitrogen and oxygen atoms in total. The third kappa shape index (κ3) is 3.69. The molecule has 108 valence electrons. The zero-order valence-electron chi connectivity index (χ0n) is 9.74. The summed E-state index contributed by atoms with van der Waals surface area (Å²) >= 11 is 5.58. The monoisotopic (exact) mass is 318 g/mol. The maximum atomic E-state index is 12.6. The second kappa shape index (κ2) is 5.49. The quantitative estimate of drug-likeness (QED) is 0.776. The predicted molar refractivity (Wildman–Crippen MR) is 62.0 cm³/mol. The van der Waals surface area contributed by atoms with Crippen molar-refractivity contribution in [3.8, 4) is 0 Å². The molecule has 19 heavy (non-hydrogen) atoms. The highest BCUT2D eigenvalue weighted by Gasteiger charge is 2.39. The Morgan fingerprint density at radius 3 is 2.37 bits per heavy atom. The van der Waals surface area contributed by atoms with Crippen molar-refractivity contribution in [2.24, 2.45) is 0 Å². The topological polar surface area (TPSA) is 69.0 Å². The molecule has 1 heterocycles. The summed E-state index contributed by atoms with van der Waals surface area (Å²) in [6, 6.07) is 0. The number of aryl methyl sites for hydroxylation is 1. The van der Waals surface area contributed by atoms with E-state index in [-0.39, 0.29) is 18.6 Å². The molecule has 0 N–H and O–H groups in total. The van der Waals surface area contributed by atoms with Gasteiger partial charge in [-0.15, -0.1) is 0 Å². The number of nitrogens with zero attached hydrogens (tertiary/aromatic N) is 2. The lowest BCUT2D eigenvalue weighted by Gasteiger charge is -2.03. The first-order chi connectivity index (χ1) is 8.62. The fourth-order valence-corrected chi connectivity index (χ4v) is 2.28. The molecule has 0 bridgehead atoms. The normalized spacial score (nSPS) is 12.7. The molecule has 0 aliphatic carbocycles. The Bertz CT molecular complexity index is 580. The molecule has 1 aromatic rings. The van der Waals surface area contributed by atoms with E-state index in [2.05, 4.69) is 5.10 Å². The highest BCUT2D eigenvalue weighted by Crippen LogP contribution is 2.33. The van der Waals surface area contributed by atoms with Crippen molar-refractivity contribution in [1.29, 1.82) is 0 Å². The lowest BCUT2D eigenvalue weighted by Crippen LogP contribution is -2.16. The third-order valence-electron chi connectivity index (χ3n) is 2.36. The number of alkyl halides is 3. The van der Waals surface area contributed by atoms with Crippen LogP contribution in [-0.4, -0.2) is 36.0 Å². The van der Waals surface area contributed by atoms with E-state index < -0.39 is 38.2 Å². The highest BCUT2D eigenvalue weighted by atomic mass is 35.5. The summed E-state index contributed by atoms with van der Waals surface area (Å²) in [4.78, 5) is 10.6. The largest absolute Gasteiger partial charge is 0.435 e. The summed E-state index contributed by atoms with van der Waals surface area (Å²) in [5.74, 6) is -0.543. The van der Waals surface area contributed by atoms with Crippen LogP contribution in [0.5, 0.6) is 0 Å². The zero-order chi connectivity index (χ0) is 14.8. The summed E-state index contributed by atoms with van der Waals surface area (Å²) in [6.07, 6.45) is -4.88. The van der Waals surface area contributed by atoms with E-state index in [1.807, 2.05) is 0 Å². The number of hydrogen-bond acceptors (Lipinski definition) is 4. The zero-order valence-corrected chi connectivity index (χ0v) is 11.3. The van der Waals surface area contributed by atoms with Gasteiger partial charge in [0.1, 0.15) is 5.15 Å². The lowest BCUT2D eigenvalue weighted by molar-refractivity contribution is -0.141. The van der Waals surface area contributed by atoms with Crippen molar-refractivity contribution in [2.45, 2.75) is 19.6 Å². The molecule has 0 radical (unpaired) electrons. The summed E-state index contributed by atoms with van der Waals surface area (Å²) in [5, 5.41) is 2.63. The Morgan fingerprint density at radius 1 is 1.42 bits per heavy atom. The Morgan fingerprint density at radius 2 is 2.00 bits per heavy atom. The number of carbonyl (C=O) groups excluding carboxylic acids is 1. The van der Waals surface area contributed by atoms with Crippen molar-refractivity contribution < 1.29 is 26.4 Å². The molecule has 0 unspecified atom stereocenters. The molecule has 0 aromatic carbocycles. The van der Waals surface area contributed by atoms with E-state index in [0.717, 1.165) is 0 Å². The molecular formula is C9H10ClF3N2O3S. The summed E-state index contributed by atoms with van der Waals surface area (Å²) in [6.45, 7) is 1.07. The third-order valence-corrected chi connectivity index (χ3v) is 4.45. The first-order valence-electron chi connectivity index (χ1n) is 5.11. The molecule has 0 saturated carbocycles. The number of hydrogen-bond donors (Lipinski definition) is 0. The second-order valence-electron chi connectivity index (χ2n) is 3.63. The molecule has 0 saturated heterocycles. The van der Waals surface area contributed by atoms with E-state index in [1.165, 1.54) is 6.92 Å². The first-order valence-corrected chi connectivity index (χ1v) is 7.31. The van der Waals surface area contributed by atoms with Crippen molar-refractivity contribution in [1.82, 2.24) is 9.78 Å². The van der Waals surface area contributed by atoms with Gasteiger partial charge in [0.05, 0.1) is 17.9 Å². The van der Waals surface area contributed by atoms with Gasteiger partial charge in [-0.2, -0.15) is 18.3 Å². The number of aldehydes is 1. The van der Waals surface area contributed by atoms with E-state index in [0.29, 0.717) is 4.68 Å². The van der Waals surface area contributed by atoms with Crippen LogP contribution in [0, 0.1) is 0 Å². The second-order valence-corrected chi connectivity index (χ2v) is 6.46. The van der Waals surface area contributed by atoms with Crippen LogP contribution in [0.15, 0.2) is 0 Å².